The first kappa shape index (κ1) is 26.4. The molecule has 9 heteroatoms. The Hall–Kier alpha value is -2.68. The molecule has 8 nitrogen and oxygen atoms in total. The number of aliphatic hydroxyl groups excluding tert-OH is 1. The lowest BCUT2D eigenvalue weighted by Gasteiger charge is -2.49. The number of aliphatic hydroxyl groups is 1. The van der Waals surface area contributed by atoms with Crippen LogP contribution >= 0.6 is 0 Å². The van der Waals surface area contributed by atoms with E-state index in [9.17, 15) is 19.1 Å². The topological polar surface area (TPSA) is 117 Å². The van der Waals surface area contributed by atoms with Crippen LogP contribution in [0.4, 0.5) is 14.9 Å². The van der Waals surface area contributed by atoms with Gasteiger partial charge in [-0.2, -0.15) is 0 Å². The molecule has 0 saturated heterocycles. The second-order valence-electron chi connectivity index (χ2n) is 12.6. The van der Waals surface area contributed by atoms with Gasteiger partial charge in [0.05, 0.1) is 12.6 Å². The molecular formula is C27H39FN4O4. The number of guanidine groups is 1. The molecule has 1 heterocycles. The van der Waals surface area contributed by atoms with Crippen LogP contribution in [-0.4, -0.2) is 51.9 Å². The van der Waals surface area contributed by atoms with Gasteiger partial charge in [0, 0.05) is 11.1 Å². The highest BCUT2D eigenvalue weighted by molar-refractivity contribution is 6.12. The van der Waals surface area contributed by atoms with E-state index in [0.29, 0.717) is 30.5 Å². The van der Waals surface area contributed by atoms with Gasteiger partial charge >= 0.3 is 6.09 Å². The smallest absolute Gasteiger partial charge is 0.414 e. The molecule has 4 N–H and O–H groups in total. The van der Waals surface area contributed by atoms with Crippen LogP contribution in [0.15, 0.2) is 23.2 Å². The zero-order valence-electron chi connectivity index (χ0n) is 22.3. The summed E-state index contributed by atoms with van der Waals surface area (Å²) < 4.78 is 20.4. The number of carbonyl (C=O) groups excluding carboxylic acids is 2. The van der Waals surface area contributed by atoms with Crippen LogP contribution in [0.1, 0.15) is 72.4 Å². The van der Waals surface area contributed by atoms with Gasteiger partial charge in [0.1, 0.15) is 11.3 Å². The molecule has 4 rings (SSSR count). The number of fused-ring (bicyclic) bond motifs is 3. The summed E-state index contributed by atoms with van der Waals surface area (Å²) in [6, 6.07) is 5.51. The van der Waals surface area contributed by atoms with Gasteiger partial charge < -0.3 is 15.6 Å². The Morgan fingerprint density at radius 2 is 1.86 bits per heavy atom. The number of halogens is 1. The van der Waals surface area contributed by atoms with Crippen LogP contribution < -0.4 is 11.1 Å². The number of nitrogens with one attached hydrogen (secondary N) is 1. The number of nitrogen functional groups attached to an aromatic ring is 1. The van der Waals surface area contributed by atoms with Crippen LogP contribution in [0, 0.1) is 17.3 Å². The summed E-state index contributed by atoms with van der Waals surface area (Å²) in [5.74, 6) is -0.566. The minimum atomic E-state index is -1.74. The van der Waals surface area contributed by atoms with Crippen molar-refractivity contribution in [2.75, 3.05) is 12.3 Å². The molecule has 2 aliphatic carbocycles. The fourth-order valence-corrected chi connectivity index (χ4v) is 6.51. The Balaban J connectivity index is 1.90. The predicted octanol–water partition coefficient (Wildman–Crippen LogP) is 3.90. The number of ether oxygens (including phenoxy) is 1. The SMILES string of the molecule is C[C@@H]1CC2(Cc3ccc(N)cc3C23N=C(NC(=O)OC(C)(C)C)N(CC(C)(C)F)C3=O)C[C@H](C)C1O. The van der Waals surface area contributed by atoms with E-state index in [1.54, 1.807) is 26.8 Å². The van der Waals surface area contributed by atoms with E-state index in [-0.39, 0.29) is 30.2 Å². The van der Waals surface area contributed by atoms with E-state index in [1.165, 1.54) is 18.7 Å². The van der Waals surface area contributed by atoms with Gasteiger partial charge in [-0.25, -0.2) is 14.2 Å². The predicted molar refractivity (Wildman–Crippen MR) is 136 cm³/mol. The van der Waals surface area contributed by atoms with Crippen molar-refractivity contribution < 1.29 is 23.8 Å². The summed E-state index contributed by atoms with van der Waals surface area (Å²) in [5, 5.41) is 13.4. The summed E-state index contributed by atoms with van der Waals surface area (Å²) in [6.45, 7) is 11.7. The molecule has 1 fully saturated rings. The summed E-state index contributed by atoms with van der Waals surface area (Å²) in [4.78, 5) is 33.4. The molecule has 3 aliphatic rings. The number of alkyl carbamates (subject to hydrolysis) is 1. The van der Waals surface area contributed by atoms with E-state index in [1.807, 2.05) is 26.0 Å². The van der Waals surface area contributed by atoms with Gasteiger partial charge in [0.25, 0.3) is 5.91 Å². The van der Waals surface area contributed by atoms with E-state index >= 15 is 0 Å². The molecule has 5 atom stereocenters. The molecule has 198 valence electrons. The maximum Gasteiger partial charge on any atom is 0.414 e. The Bertz CT molecular complexity index is 1090. The van der Waals surface area contributed by atoms with Crippen molar-refractivity contribution in [2.45, 2.75) is 90.6 Å². The van der Waals surface area contributed by atoms with Crippen LogP contribution in [0.5, 0.6) is 0 Å². The second kappa shape index (κ2) is 8.43. The number of hydrogen-bond donors (Lipinski definition) is 3. The van der Waals surface area contributed by atoms with E-state index in [2.05, 4.69) is 5.32 Å². The zero-order valence-corrected chi connectivity index (χ0v) is 22.3. The molecule has 0 aromatic heterocycles. The quantitative estimate of drug-likeness (QED) is 0.530. The largest absolute Gasteiger partial charge is 0.444 e. The maximum absolute atomic E-state index is 15.0. The van der Waals surface area contributed by atoms with Gasteiger partial charge in [-0.1, -0.05) is 19.9 Å². The molecule has 1 aromatic rings. The molecule has 3 unspecified atom stereocenters. The number of amides is 2. The van der Waals surface area contributed by atoms with Gasteiger partial charge in [-0.15, -0.1) is 0 Å². The number of benzene rings is 1. The van der Waals surface area contributed by atoms with Gasteiger partial charge in [0.2, 0.25) is 5.96 Å². The average molecular weight is 503 g/mol. The van der Waals surface area contributed by atoms with Crippen LogP contribution in [-0.2, 0) is 21.5 Å². The van der Waals surface area contributed by atoms with E-state index in [4.69, 9.17) is 15.5 Å². The lowest BCUT2D eigenvalue weighted by atomic mass is 9.56. The average Bonchev–Trinajstić information content (AvgIpc) is 3.11. The van der Waals surface area contributed by atoms with Gasteiger partial charge in [-0.3, -0.25) is 15.0 Å². The first-order valence-corrected chi connectivity index (χ1v) is 12.7. The molecule has 0 radical (unpaired) electrons. The number of alkyl halides is 1. The summed E-state index contributed by atoms with van der Waals surface area (Å²) in [6.07, 6.45) is 0.408. The van der Waals surface area contributed by atoms with Crippen molar-refractivity contribution in [3.63, 3.8) is 0 Å². The zero-order chi connectivity index (χ0) is 26.8. The summed E-state index contributed by atoms with van der Waals surface area (Å²) in [7, 11) is 0. The molecular weight excluding hydrogens is 463 g/mol. The third-order valence-electron chi connectivity index (χ3n) is 7.64. The van der Waals surface area contributed by atoms with Gasteiger partial charge in [0.15, 0.2) is 5.54 Å². The highest BCUT2D eigenvalue weighted by Gasteiger charge is 2.68. The maximum atomic E-state index is 15.0. The fraction of sp³-hybridized carbons (Fsp3) is 0.667. The van der Waals surface area contributed by atoms with Crippen molar-refractivity contribution in [2.24, 2.45) is 22.2 Å². The Morgan fingerprint density at radius 1 is 1.25 bits per heavy atom. The Morgan fingerprint density at radius 3 is 2.42 bits per heavy atom. The minimum absolute atomic E-state index is 0.0268. The third kappa shape index (κ3) is 4.35. The lowest BCUT2D eigenvalue weighted by molar-refractivity contribution is -0.142. The Kier molecular flexibility index (Phi) is 6.18. The number of hydrogen-bond acceptors (Lipinski definition) is 6. The van der Waals surface area contributed by atoms with Crippen LogP contribution in [0.25, 0.3) is 0 Å². The molecule has 2 spiro atoms. The van der Waals surface area contributed by atoms with Crippen molar-refractivity contribution in [1.29, 1.82) is 0 Å². The van der Waals surface area contributed by atoms with Crippen molar-refractivity contribution in [3.05, 3.63) is 29.3 Å². The number of carbonyl (C=O) groups is 2. The highest BCUT2D eigenvalue weighted by Crippen LogP contribution is 2.63. The molecule has 1 aromatic carbocycles. The van der Waals surface area contributed by atoms with E-state index < -0.39 is 34.4 Å². The fourth-order valence-electron chi connectivity index (χ4n) is 6.51. The minimum Gasteiger partial charge on any atom is -0.444 e. The van der Waals surface area contributed by atoms with Crippen LogP contribution in [0.2, 0.25) is 0 Å². The Labute approximate surface area is 212 Å². The van der Waals surface area contributed by atoms with Crippen molar-refractivity contribution >= 4 is 23.6 Å². The standard InChI is InChI=1S/C27H39FN4O4/c1-15-11-26(12-16(2)20(15)33)13-17-8-9-18(29)10-19(17)27(26)21(34)32(14-25(6,7)28)22(31-27)30-23(35)36-24(3,4)5/h8-10,15-16,20,33H,11-14,29H2,1-7H3,(H,30,31,35)/t15-,16+,20?,26?,27?. The van der Waals surface area contributed by atoms with Crippen molar-refractivity contribution in [3.8, 4) is 0 Å². The molecule has 36 heavy (non-hydrogen) atoms. The molecule has 2 amide bonds. The number of anilines is 1. The van der Waals surface area contributed by atoms with Crippen molar-refractivity contribution in [1.82, 2.24) is 10.2 Å². The number of rotatable bonds is 2. The first-order valence-electron chi connectivity index (χ1n) is 12.7. The monoisotopic (exact) mass is 502 g/mol. The number of nitrogens with two attached hydrogens (primary N) is 1. The summed E-state index contributed by atoms with van der Waals surface area (Å²) >= 11 is 0. The first-order chi connectivity index (χ1) is 16.5. The lowest BCUT2D eigenvalue weighted by Crippen LogP contribution is -2.56. The molecule has 0 bridgehead atoms. The highest BCUT2D eigenvalue weighted by atomic mass is 19.1. The van der Waals surface area contributed by atoms with Crippen LogP contribution in [0.3, 0.4) is 0 Å². The normalized spacial score (nSPS) is 32.1. The van der Waals surface area contributed by atoms with Gasteiger partial charge in [-0.05, 0) is 89.0 Å². The second-order valence-corrected chi connectivity index (χ2v) is 12.6. The third-order valence-corrected chi connectivity index (χ3v) is 7.64. The summed E-state index contributed by atoms with van der Waals surface area (Å²) in [5.41, 5.74) is 3.75. The number of aliphatic imine (C=N–C) groups is 1. The number of nitrogens with zero attached hydrogens (tertiary/aromatic N) is 2. The molecule has 1 aliphatic heterocycles. The van der Waals surface area contributed by atoms with E-state index in [0.717, 1.165) is 5.56 Å². The molecule has 1 saturated carbocycles.